The van der Waals surface area contributed by atoms with Crippen molar-refractivity contribution in [1.82, 2.24) is 0 Å². The molecule has 0 aliphatic heterocycles. The van der Waals surface area contributed by atoms with Gasteiger partial charge >= 0.3 is 0 Å². The van der Waals surface area contributed by atoms with Gasteiger partial charge in [0.05, 0.1) is 0 Å². The molecule has 0 N–H and O–H groups in total. The summed E-state index contributed by atoms with van der Waals surface area (Å²) < 4.78 is 0. The smallest absolute Gasteiger partial charge is 0.00733 e. The van der Waals surface area contributed by atoms with Crippen LogP contribution in [0.2, 0.25) is 0 Å². The lowest BCUT2D eigenvalue weighted by atomic mass is 9.89. The van der Waals surface area contributed by atoms with E-state index in [4.69, 9.17) is 0 Å². The van der Waals surface area contributed by atoms with Crippen LogP contribution in [0.15, 0.2) is 48.5 Å². The van der Waals surface area contributed by atoms with Crippen molar-refractivity contribution in [2.75, 3.05) is 0 Å². The van der Waals surface area contributed by atoms with Crippen LogP contribution in [0.3, 0.4) is 0 Å². The first-order valence-electron chi connectivity index (χ1n) is 7.14. The van der Waals surface area contributed by atoms with Crippen LogP contribution >= 0.6 is 0 Å². The maximum absolute atomic E-state index is 2.30. The number of benzene rings is 3. The van der Waals surface area contributed by atoms with Crippen LogP contribution in [0.4, 0.5) is 0 Å². The minimum absolute atomic E-state index is 1.32. The summed E-state index contributed by atoms with van der Waals surface area (Å²) in [4.78, 5) is 0. The van der Waals surface area contributed by atoms with E-state index in [1.54, 1.807) is 0 Å². The Labute approximate surface area is 121 Å². The summed E-state index contributed by atoms with van der Waals surface area (Å²) in [5.74, 6) is 0. The van der Waals surface area contributed by atoms with Crippen molar-refractivity contribution in [3.63, 3.8) is 0 Å². The summed E-state index contributed by atoms with van der Waals surface area (Å²) in [5, 5.41) is 2.71. The standard InChI is InChI=1S/C20H20/c1-13-9-10-18(14(2)11-13)20-16(4)12-15(3)17-7-5-6-8-19(17)20/h5-12H,1-4H3. The Kier molecular flexibility index (Phi) is 3.10. The zero-order valence-corrected chi connectivity index (χ0v) is 12.6. The van der Waals surface area contributed by atoms with Gasteiger partial charge in [0.15, 0.2) is 0 Å². The van der Waals surface area contributed by atoms with E-state index in [0.717, 1.165) is 0 Å². The number of rotatable bonds is 1. The third kappa shape index (κ3) is 2.02. The molecule has 0 radical (unpaired) electrons. The summed E-state index contributed by atoms with van der Waals surface area (Å²) in [5.41, 5.74) is 8.11. The lowest BCUT2D eigenvalue weighted by Gasteiger charge is -2.15. The Morgan fingerprint density at radius 1 is 0.600 bits per heavy atom. The van der Waals surface area contributed by atoms with Crippen LogP contribution in [0, 0.1) is 27.7 Å². The van der Waals surface area contributed by atoms with E-state index in [1.165, 1.54) is 44.2 Å². The van der Waals surface area contributed by atoms with Crippen LogP contribution in [0.5, 0.6) is 0 Å². The van der Waals surface area contributed by atoms with Gasteiger partial charge in [-0.25, -0.2) is 0 Å². The summed E-state index contributed by atoms with van der Waals surface area (Å²) in [6, 6.07) is 17.7. The third-order valence-electron chi connectivity index (χ3n) is 4.10. The number of hydrogen-bond donors (Lipinski definition) is 0. The van der Waals surface area contributed by atoms with Gasteiger partial charge in [-0.2, -0.15) is 0 Å². The molecule has 0 amide bonds. The molecule has 20 heavy (non-hydrogen) atoms. The van der Waals surface area contributed by atoms with Crippen molar-refractivity contribution in [1.29, 1.82) is 0 Å². The maximum Gasteiger partial charge on any atom is -0.00733 e. The van der Waals surface area contributed by atoms with E-state index in [2.05, 4.69) is 76.2 Å². The molecule has 0 aliphatic rings. The third-order valence-corrected chi connectivity index (χ3v) is 4.10. The molecule has 0 atom stereocenters. The second kappa shape index (κ2) is 4.79. The highest BCUT2D eigenvalue weighted by atomic mass is 14.1. The van der Waals surface area contributed by atoms with Gasteiger partial charge in [-0.05, 0) is 66.3 Å². The fraction of sp³-hybridized carbons (Fsp3) is 0.200. The number of aryl methyl sites for hydroxylation is 4. The Morgan fingerprint density at radius 2 is 1.30 bits per heavy atom. The van der Waals surface area contributed by atoms with Crippen molar-refractivity contribution in [3.05, 3.63) is 70.8 Å². The summed E-state index contributed by atoms with van der Waals surface area (Å²) in [7, 11) is 0. The summed E-state index contributed by atoms with van der Waals surface area (Å²) in [6.07, 6.45) is 0. The predicted octanol–water partition coefficient (Wildman–Crippen LogP) is 5.74. The van der Waals surface area contributed by atoms with E-state index in [9.17, 15) is 0 Å². The van der Waals surface area contributed by atoms with Crippen molar-refractivity contribution >= 4 is 10.8 Å². The number of hydrogen-bond acceptors (Lipinski definition) is 0. The predicted molar refractivity (Wildman–Crippen MR) is 88.3 cm³/mol. The Bertz CT molecular complexity index is 794. The average molecular weight is 260 g/mol. The molecular formula is C20H20. The lowest BCUT2D eigenvalue weighted by Crippen LogP contribution is -1.92. The molecule has 0 spiro atoms. The molecule has 0 saturated carbocycles. The highest BCUT2D eigenvalue weighted by Crippen LogP contribution is 2.35. The van der Waals surface area contributed by atoms with Gasteiger partial charge in [0, 0.05) is 0 Å². The van der Waals surface area contributed by atoms with Crippen LogP contribution in [0.25, 0.3) is 21.9 Å². The molecule has 0 bridgehead atoms. The first-order valence-corrected chi connectivity index (χ1v) is 7.14. The molecule has 0 heteroatoms. The van der Waals surface area contributed by atoms with E-state index < -0.39 is 0 Å². The van der Waals surface area contributed by atoms with E-state index in [-0.39, 0.29) is 0 Å². The molecule has 0 saturated heterocycles. The van der Waals surface area contributed by atoms with E-state index >= 15 is 0 Å². The molecule has 100 valence electrons. The quantitative estimate of drug-likeness (QED) is 0.523. The average Bonchev–Trinajstić information content (AvgIpc) is 2.41. The SMILES string of the molecule is Cc1ccc(-c2c(C)cc(C)c3ccccc23)c(C)c1. The fourth-order valence-electron chi connectivity index (χ4n) is 3.18. The molecule has 0 unspecified atom stereocenters. The first-order chi connectivity index (χ1) is 9.58. The van der Waals surface area contributed by atoms with Crippen molar-refractivity contribution in [2.24, 2.45) is 0 Å². The molecule has 3 rings (SSSR count). The normalized spacial score (nSPS) is 11.0. The van der Waals surface area contributed by atoms with Gasteiger partial charge < -0.3 is 0 Å². The summed E-state index contributed by atoms with van der Waals surface area (Å²) >= 11 is 0. The maximum atomic E-state index is 2.30. The minimum atomic E-state index is 1.32. The monoisotopic (exact) mass is 260 g/mol. The Hall–Kier alpha value is -2.08. The molecule has 0 fully saturated rings. The molecule has 0 aliphatic carbocycles. The van der Waals surface area contributed by atoms with Crippen molar-refractivity contribution in [3.8, 4) is 11.1 Å². The fourth-order valence-corrected chi connectivity index (χ4v) is 3.18. The van der Waals surface area contributed by atoms with E-state index in [1.807, 2.05) is 0 Å². The molecule has 3 aromatic carbocycles. The second-order valence-corrected chi connectivity index (χ2v) is 5.75. The van der Waals surface area contributed by atoms with Crippen LogP contribution in [0.1, 0.15) is 22.3 Å². The molecular weight excluding hydrogens is 240 g/mol. The molecule has 0 aromatic heterocycles. The van der Waals surface area contributed by atoms with Gasteiger partial charge in [-0.1, -0.05) is 54.1 Å². The van der Waals surface area contributed by atoms with Gasteiger partial charge in [-0.15, -0.1) is 0 Å². The minimum Gasteiger partial charge on any atom is -0.0616 e. The highest BCUT2D eigenvalue weighted by molar-refractivity contribution is 6.00. The largest absolute Gasteiger partial charge is 0.0616 e. The van der Waals surface area contributed by atoms with Crippen LogP contribution in [-0.2, 0) is 0 Å². The zero-order valence-electron chi connectivity index (χ0n) is 12.6. The Balaban J connectivity index is 2.41. The van der Waals surface area contributed by atoms with Crippen molar-refractivity contribution in [2.45, 2.75) is 27.7 Å². The van der Waals surface area contributed by atoms with Crippen molar-refractivity contribution < 1.29 is 0 Å². The lowest BCUT2D eigenvalue weighted by molar-refractivity contribution is 1.36. The summed E-state index contributed by atoms with van der Waals surface area (Å²) in [6.45, 7) is 8.77. The second-order valence-electron chi connectivity index (χ2n) is 5.75. The van der Waals surface area contributed by atoms with Gasteiger partial charge in [0.25, 0.3) is 0 Å². The van der Waals surface area contributed by atoms with Crippen LogP contribution in [-0.4, -0.2) is 0 Å². The molecule has 0 heterocycles. The topological polar surface area (TPSA) is 0 Å². The zero-order chi connectivity index (χ0) is 14.3. The highest BCUT2D eigenvalue weighted by Gasteiger charge is 2.11. The van der Waals surface area contributed by atoms with E-state index in [0.29, 0.717) is 0 Å². The van der Waals surface area contributed by atoms with Crippen LogP contribution < -0.4 is 0 Å². The Morgan fingerprint density at radius 3 is 2.00 bits per heavy atom. The van der Waals surface area contributed by atoms with Gasteiger partial charge in [0.1, 0.15) is 0 Å². The molecule has 3 aromatic rings. The van der Waals surface area contributed by atoms with Gasteiger partial charge in [-0.3, -0.25) is 0 Å². The van der Waals surface area contributed by atoms with Gasteiger partial charge in [0.2, 0.25) is 0 Å². The molecule has 0 nitrogen and oxygen atoms in total. The number of fused-ring (bicyclic) bond motifs is 1. The first kappa shape index (κ1) is 12.9.